The first kappa shape index (κ1) is 17.4. The number of likely N-dealkylation sites (tertiary alicyclic amines) is 1. The highest BCUT2D eigenvalue weighted by molar-refractivity contribution is 6.01. The van der Waals surface area contributed by atoms with Crippen LogP contribution in [0.5, 0.6) is 0 Å². The van der Waals surface area contributed by atoms with Crippen molar-refractivity contribution < 1.29 is 18.8 Å². The molecule has 1 fully saturated rings. The van der Waals surface area contributed by atoms with E-state index in [4.69, 9.17) is 4.74 Å². The fourth-order valence-corrected chi connectivity index (χ4v) is 2.72. The molecule has 0 radical (unpaired) electrons. The first-order valence-electron chi connectivity index (χ1n) is 8.06. The Balaban J connectivity index is 2.12. The molecule has 1 aromatic rings. The van der Waals surface area contributed by atoms with Gasteiger partial charge in [0.1, 0.15) is 5.82 Å². The van der Waals surface area contributed by atoms with E-state index < -0.39 is 5.91 Å². The second kappa shape index (κ2) is 8.06. The summed E-state index contributed by atoms with van der Waals surface area (Å²) in [5.74, 6) is -0.791. The number of halogens is 1. The molecule has 5 nitrogen and oxygen atoms in total. The summed E-state index contributed by atoms with van der Waals surface area (Å²) in [5.41, 5.74) is 0.352. The molecule has 6 heteroatoms. The number of aliphatic imine (C=N–C) groups is 1. The van der Waals surface area contributed by atoms with Gasteiger partial charge in [-0.05, 0) is 31.2 Å². The lowest BCUT2D eigenvalue weighted by molar-refractivity contribution is -0.885. The van der Waals surface area contributed by atoms with Gasteiger partial charge >= 0.3 is 0 Å². The van der Waals surface area contributed by atoms with Gasteiger partial charge in [0, 0.05) is 31.5 Å². The predicted octanol–water partition coefficient (Wildman–Crippen LogP) is 0.967. The number of amidine groups is 1. The number of benzene rings is 1. The zero-order valence-corrected chi connectivity index (χ0v) is 14.0. The Kier molecular flexibility index (Phi) is 6.10. The lowest BCUT2D eigenvalue weighted by Crippen LogP contribution is -3.10. The largest absolute Gasteiger partial charge is 0.465 e. The number of quaternary nitrogens is 1. The number of carbonyl (C=O) groups is 1. The summed E-state index contributed by atoms with van der Waals surface area (Å²) in [6, 6.07) is 6.04. The van der Waals surface area contributed by atoms with Crippen molar-refractivity contribution in [2.75, 3.05) is 33.8 Å². The van der Waals surface area contributed by atoms with Crippen LogP contribution in [0.15, 0.2) is 29.3 Å². The Morgan fingerprint density at radius 2 is 1.96 bits per heavy atom. The zero-order valence-electron chi connectivity index (χ0n) is 14.0. The molecule has 1 aliphatic heterocycles. The fourth-order valence-electron chi connectivity index (χ4n) is 2.72. The molecule has 1 saturated heterocycles. The normalized spacial score (nSPS) is 21.8. The van der Waals surface area contributed by atoms with Crippen LogP contribution in [-0.4, -0.2) is 56.7 Å². The zero-order chi connectivity index (χ0) is 16.8. The molecule has 0 unspecified atom stereocenters. The molecule has 126 valence electrons. The highest BCUT2D eigenvalue weighted by Gasteiger charge is 2.26. The van der Waals surface area contributed by atoms with Crippen LogP contribution in [0.3, 0.4) is 0 Å². The number of carbonyl (C=O) groups excluding carboxylic acids is 1. The molecule has 23 heavy (non-hydrogen) atoms. The number of nitrogens with one attached hydrogen (secondary N) is 1. The topological polar surface area (TPSA) is 46.3 Å². The molecular weight excluding hydrogens is 297 g/mol. The molecule has 1 aliphatic rings. The molecule has 0 bridgehead atoms. The maximum atomic E-state index is 13.0. The van der Waals surface area contributed by atoms with E-state index in [0.29, 0.717) is 24.2 Å². The van der Waals surface area contributed by atoms with Crippen LogP contribution in [-0.2, 0) is 4.74 Å². The Labute approximate surface area is 136 Å². The quantitative estimate of drug-likeness (QED) is 0.666. The summed E-state index contributed by atoms with van der Waals surface area (Å²) in [6.07, 6.45) is 2.08. The molecule has 0 saturated carbocycles. The van der Waals surface area contributed by atoms with E-state index in [2.05, 4.69) is 12.0 Å². The van der Waals surface area contributed by atoms with Gasteiger partial charge in [0.05, 0.1) is 26.7 Å². The standard InChI is InChI=1S/C17H24FN3O2/c1-4-23-17(21(3)15-9-11-20(2)12-10-15)19-16(22)13-5-7-14(18)8-6-13/h5-8,15H,4,9-12H2,1-3H3/p+1. The summed E-state index contributed by atoms with van der Waals surface area (Å²) < 4.78 is 18.5. The third-order valence-electron chi connectivity index (χ3n) is 4.22. The minimum atomic E-state index is -0.418. The van der Waals surface area contributed by atoms with E-state index in [1.54, 1.807) is 0 Å². The monoisotopic (exact) mass is 322 g/mol. The molecule has 1 aromatic carbocycles. The molecule has 0 aromatic heterocycles. The summed E-state index contributed by atoms with van der Waals surface area (Å²) in [6.45, 7) is 4.50. The maximum Gasteiger partial charge on any atom is 0.295 e. The van der Waals surface area contributed by atoms with Crippen LogP contribution in [0.2, 0.25) is 0 Å². The summed E-state index contributed by atoms with van der Waals surface area (Å²) in [7, 11) is 4.10. The van der Waals surface area contributed by atoms with Gasteiger partial charge in [-0.3, -0.25) is 4.79 Å². The van der Waals surface area contributed by atoms with E-state index in [0.717, 1.165) is 25.9 Å². The van der Waals surface area contributed by atoms with Crippen LogP contribution in [0, 0.1) is 5.82 Å². The molecule has 1 amide bonds. The highest BCUT2D eigenvalue weighted by Crippen LogP contribution is 2.11. The van der Waals surface area contributed by atoms with Gasteiger partial charge in [-0.1, -0.05) is 0 Å². The van der Waals surface area contributed by atoms with Crippen LogP contribution < -0.4 is 4.90 Å². The Morgan fingerprint density at radius 3 is 2.52 bits per heavy atom. The number of nitrogens with zero attached hydrogens (tertiary/aromatic N) is 2. The SMILES string of the molecule is CCOC(=NC(=O)c1ccc(F)cc1)N(C)C1CC[NH+](C)CC1. The lowest BCUT2D eigenvalue weighted by Gasteiger charge is -2.34. The van der Waals surface area contributed by atoms with Crippen molar-refractivity contribution in [1.29, 1.82) is 0 Å². The van der Waals surface area contributed by atoms with E-state index in [-0.39, 0.29) is 5.82 Å². The first-order chi connectivity index (χ1) is 11.0. The molecule has 0 aliphatic carbocycles. The molecular formula is C17H25FN3O2+. The molecule has 0 atom stereocenters. The van der Waals surface area contributed by atoms with Gasteiger partial charge in [0.15, 0.2) is 0 Å². The molecule has 1 N–H and O–H groups in total. The number of rotatable bonds is 3. The number of hydrogen-bond acceptors (Lipinski definition) is 2. The van der Waals surface area contributed by atoms with Crippen molar-refractivity contribution in [2.45, 2.75) is 25.8 Å². The maximum absolute atomic E-state index is 13.0. The van der Waals surface area contributed by atoms with Crippen LogP contribution in [0.4, 0.5) is 4.39 Å². The predicted molar refractivity (Wildman–Crippen MR) is 87.2 cm³/mol. The average Bonchev–Trinajstić information content (AvgIpc) is 2.55. The summed E-state index contributed by atoms with van der Waals surface area (Å²) >= 11 is 0. The van der Waals surface area contributed by atoms with Crippen molar-refractivity contribution in [3.05, 3.63) is 35.6 Å². The van der Waals surface area contributed by atoms with Gasteiger partial charge < -0.3 is 14.5 Å². The number of piperidine rings is 1. The number of ether oxygens (including phenoxy) is 1. The summed E-state index contributed by atoms with van der Waals surface area (Å²) in [5, 5.41) is 0. The Morgan fingerprint density at radius 1 is 1.35 bits per heavy atom. The summed E-state index contributed by atoms with van der Waals surface area (Å²) in [4.78, 5) is 19.8. The highest BCUT2D eigenvalue weighted by atomic mass is 19.1. The third-order valence-corrected chi connectivity index (χ3v) is 4.22. The smallest absolute Gasteiger partial charge is 0.295 e. The van der Waals surface area contributed by atoms with E-state index in [9.17, 15) is 9.18 Å². The van der Waals surface area contributed by atoms with Crippen molar-refractivity contribution in [3.63, 3.8) is 0 Å². The number of hydrogen-bond donors (Lipinski definition) is 1. The second-order valence-electron chi connectivity index (χ2n) is 5.94. The van der Waals surface area contributed by atoms with Crippen molar-refractivity contribution in [3.8, 4) is 0 Å². The van der Waals surface area contributed by atoms with Crippen LogP contribution in [0.25, 0.3) is 0 Å². The van der Waals surface area contributed by atoms with Gasteiger partial charge in [-0.15, -0.1) is 0 Å². The third kappa shape index (κ3) is 4.76. The van der Waals surface area contributed by atoms with Gasteiger partial charge in [-0.25, -0.2) is 4.39 Å². The van der Waals surface area contributed by atoms with Crippen molar-refractivity contribution in [2.24, 2.45) is 4.99 Å². The van der Waals surface area contributed by atoms with Crippen LogP contribution >= 0.6 is 0 Å². The van der Waals surface area contributed by atoms with Crippen molar-refractivity contribution in [1.82, 2.24) is 4.90 Å². The van der Waals surface area contributed by atoms with Crippen molar-refractivity contribution >= 4 is 11.9 Å². The van der Waals surface area contributed by atoms with E-state index in [1.807, 2.05) is 18.9 Å². The minimum absolute atomic E-state index is 0.324. The van der Waals surface area contributed by atoms with E-state index in [1.165, 1.54) is 29.2 Å². The molecule has 1 heterocycles. The fraction of sp³-hybridized carbons (Fsp3) is 0.529. The van der Waals surface area contributed by atoms with E-state index >= 15 is 0 Å². The minimum Gasteiger partial charge on any atom is -0.465 e. The van der Waals surface area contributed by atoms with Gasteiger partial charge in [0.2, 0.25) is 0 Å². The molecule has 0 spiro atoms. The van der Waals surface area contributed by atoms with Gasteiger partial charge in [-0.2, -0.15) is 4.99 Å². The average molecular weight is 322 g/mol. The Hall–Kier alpha value is -1.95. The first-order valence-corrected chi connectivity index (χ1v) is 8.06. The Bertz CT molecular complexity index is 551. The van der Waals surface area contributed by atoms with Gasteiger partial charge in [0.25, 0.3) is 11.9 Å². The lowest BCUT2D eigenvalue weighted by atomic mass is 10.0. The molecule has 2 rings (SSSR count). The second-order valence-corrected chi connectivity index (χ2v) is 5.94. The van der Waals surface area contributed by atoms with Crippen LogP contribution in [0.1, 0.15) is 30.1 Å². The number of amides is 1.